The molecular formula is C33H40F3N3O6. The Morgan fingerprint density at radius 2 is 1.76 bits per heavy atom. The van der Waals surface area contributed by atoms with E-state index in [1.807, 2.05) is 6.92 Å². The fourth-order valence-corrected chi connectivity index (χ4v) is 6.87. The summed E-state index contributed by atoms with van der Waals surface area (Å²) in [6, 6.07) is 8.58. The number of carbonyl (C=O) groups is 3. The predicted molar refractivity (Wildman–Crippen MR) is 157 cm³/mol. The summed E-state index contributed by atoms with van der Waals surface area (Å²) in [6.07, 6.45) is 0.586. The van der Waals surface area contributed by atoms with E-state index in [1.54, 1.807) is 29.2 Å². The smallest absolute Gasteiger partial charge is 0.418 e. The van der Waals surface area contributed by atoms with Gasteiger partial charge in [-0.1, -0.05) is 31.5 Å². The van der Waals surface area contributed by atoms with Gasteiger partial charge in [0.25, 0.3) is 5.91 Å². The standard InChI is InChI=1S/C33H40F3N3O6/c1-2-7-25-22(8-6-17-39(25)30(43)28-24(33(34,35)36)10-5-16-37-28)29(42)38-18-14-32(44,15-19-38)23-9-3-4-11-26(23)45-21-31(12-13-31)20-27(40)41/h3-5,9-11,16,22,25,44H,2,6-8,12-15,17-21H2,1H3,(H,40,41). The summed E-state index contributed by atoms with van der Waals surface area (Å²) >= 11 is 0. The van der Waals surface area contributed by atoms with Crippen LogP contribution in [0.5, 0.6) is 5.75 Å². The number of hydrogen-bond donors (Lipinski definition) is 2. The average Bonchev–Trinajstić information content (AvgIpc) is 3.78. The molecule has 2 saturated heterocycles. The fourth-order valence-electron chi connectivity index (χ4n) is 6.87. The van der Waals surface area contributed by atoms with Gasteiger partial charge in [-0.2, -0.15) is 13.2 Å². The third-order valence-corrected chi connectivity index (χ3v) is 9.57. The van der Waals surface area contributed by atoms with Gasteiger partial charge in [-0.3, -0.25) is 19.4 Å². The Morgan fingerprint density at radius 3 is 2.40 bits per heavy atom. The molecule has 2 aliphatic heterocycles. The van der Waals surface area contributed by atoms with Crippen LogP contribution in [0.25, 0.3) is 0 Å². The first-order chi connectivity index (χ1) is 21.4. The van der Waals surface area contributed by atoms with Gasteiger partial charge in [0.05, 0.1) is 30.1 Å². The molecule has 1 aromatic heterocycles. The molecule has 2 N–H and O–H groups in total. The van der Waals surface area contributed by atoms with Crippen LogP contribution in [0.4, 0.5) is 13.2 Å². The van der Waals surface area contributed by atoms with Gasteiger partial charge in [-0.25, -0.2) is 0 Å². The molecule has 12 heteroatoms. The summed E-state index contributed by atoms with van der Waals surface area (Å²) in [6.45, 7) is 2.91. The number of alkyl halides is 3. The second-order valence-corrected chi connectivity index (χ2v) is 12.7. The zero-order valence-corrected chi connectivity index (χ0v) is 25.4. The van der Waals surface area contributed by atoms with E-state index < -0.39 is 46.9 Å². The average molecular weight is 632 g/mol. The molecule has 1 saturated carbocycles. The van der Waals surface area contributed by atoms with Crippen LogP contribution < -0.4 is 4.74 Å². The molecule has 3 fully saturated rings. The van der Waals surface area contributed by atoms with Crippen LogP contribution in [-0.4, -0.2) is 75.1 Å². The van der Waals surface area contributed by atoms with Crippen molar-refractivity contribution in [3.05, 3.63) is 59.4 Å². The number of halogens is 3. The molecule has 0 radical (unpaired) electrons. The van der Waals surface area contributed by atoms with Crippen molar-refractivity contribution in [3.8, 4) is 5.75 Å². The quantitative estimate of drug-likeness (QED) is 0.367. The van der Waals surface area contributed by atoms with Crippen LogP contribution in [0.1, 0.15) is 86.3 Å². The van der Waals surface area contributed by atoms with Crippen LogP contribution in [0.3, 0.4) is 0 Å². The van der Waals surface area contributed by atoms with Gasteiger partial charge in [0.1, 0.15) is 11.4 Å². The van der Waals surface area contributed by atoms with Crippen LogP contribution in [0, 0.1) is 11.3 Å². The van der Waals surface area contributed by atoms with Crippen molar-refractivity contribution < 1.29 is 42.5 Å². The number of piperidine rings is 2. The molecule has 244 valence electrons. The molecule has 2 amide bonds. The fraction of sp³-hybridized carbons (Fsp3) is 0.576. The van der Waals surface area contributed by atoms with E-state index in [4.69, 9.17) is 4.74 Å². The Morgan fingerprint density at radius 1 is 1.04 bits per heavy atom. The molecule has 2 unspecified atom stereocenters. The first-order valence-electron chi connectivity index (χ1n) is 15.7. The number of likely N-dealkylation sites (tertiary alicyclic amines) is 2. The van der Waals surface area contributed by atoms with Gasteiger partial charge in [0.2, 0.25) is 5.91 Å². The highest BCUT2D eigenvalue weighted by atomic mass is 19.4. The SMILES string of the molecule is CCCC1C(C(=O)N2CCC(O)(c3ccccc3OCC3(CC(=O)O)CC3)CC2)CCCN1C(=O)c1ncccc1C(F)(F)F. The zero-order valence-electron chi connectivity index (χ0n) is 25.4. The lowest BCUT2D eigenvalue weighted by molar-refractivity contribution is -0.144. The summed E-state index contributed by atoms with van der Waals surface area (Å²) in [5.74, 6) is -1.94. The number of ether oxygens (including phenoxy) is 1. The molecule has 3 aliphatic rings. The lowest BCUT2D eigenvalue weighted by atomic mass is 9.81. The highest BCUT2D eigenvalue weighted by Crippen LogP contribution is 2.49. The van der Waals surface area contributed by atoms with Crippen LogP contribution in [0.15, 0.2) is 42.6 Å². The normalized spacial score (nSPS) is 22.5. The molecule has 1 aromatic carbocycles. The maximum absolute atomic E-state index is 13.9. The number of carbonyl (C=O) groups excluding carboxylic acids is 2. The molecule has 2 atom stereocenters. The maximum atomic E-state index is 13.9. The van der Waals surface area contributed by atoms with Crippen molar-refractivity contribution in [2.45, 2.75) is 82.5 Å². The zero-order chi connectivity index (χ0) is 32.4. The summed E-state index contributed by atoms with van der Waals surface area (Å²) < 4.78 is 47.2. The van der Waals surface area contributed by atoms with Gasteiger partial charge in [0.15, 0.2) is 0 Å². The van der Waals surface area contributed by atoms with Crippen molar-refractivity contribution in [2.75, 3.05) is 26.2 Å². The highest BCUT2D eigenvalue weighted by molar-refractivity contribution is 5.95. The summed E-state index contributed by atoms with van der Waals surface area (Å²) in [4.78, 5) is 45.6. The molecule has 0 bridgehead atoms. The van der Waals surface area contributed by atoms with E-state index in [9.17, 15) is 37.8 Å². The lowest BCUT2D eigenvalue weighted by Crippen LogP contribution is -2.55. The van der Waals surface area contributed by atoms with Gasteiger partial charge >= 0.3 is 12.1 Å². The van der Waals surface area contributed by atoms with Gasteiger partial charge in [0, 0.05) is 42.9 Å². The second kappa shape index (κ2) is 13.0. The number of aliphatic carboxylic acids is 1. The van der Waals surface area contributed by atoms with Gasteiger partial charge in [-0.15, -0.1) is 0 Å². The third kappa shape index (κ3) is 7.10. The number of para-hydroxylation sites is 1. The molecule has 5 rings (SSSR count). The highest BCUT2D eigenvalue weighted by Gasteiger charge is 2.47. The van der Waals surface area contributed by atoms with Crippen LogP contribution in [0.2, 0.25) is 0 Å². The summed E-state index contributed by atoms with van der Waals surface area (Å²) in [5.41, 5.74) is -2.79. The lowest BCUT2D eigenvalue weighted by Gasteiger charge is -2.45. The van der Waals surface area contributed by atoms with Gasteiger partial charge < -0.3 is 24.7 Å². The Labute approximate surface area is 260 Å². The largest absolute Gasteiger partial charge is 0.493 e. The van der Waals surface area contributed by atoms with Crippen molar-refractivity contribution in [3.63, 3.8) is 0 Å². The van der Waals surface area contributed by atoms with Crippen LogP contribution in [-0.2, 0) is 21.4 Å². The number of benzene rings is 1. The Kier molecular flexibility index (Phi) is 9.44. The van der Waals surface area contributed by atoms with E-state index in [2.05, 4.69) is 4.98 Å². The third-order valence-electron chi connectivity index (χ3n) is 9.57. The van der Waals surface area contributed by atoms with Crippen molar-refractivity contribution >= 4 is 17.8 Å². The van der Waals surface area contributed by atoms with Crippen molar-refractivity contribution in [2.24, 2.45) is 11.3 Å². The van der Waals surface area contributed by atoms with E-state index in [1.165, 1.54) is 11.1 Å². The monoisotopic (exact) mass is 631 g/mol. The van der Waals surface area contributed by atoms with E-state index in [0.29, 0.717) is 37.0 Å². The number of carboxylic acid groups (broad SMARTS) is 1. The van der Waals surface area contributed by atoms with E-state index >= 15 is 0 Å². The summed E-state index contributed by atoms with van der Waals surface area (Å²) in [7, 11) is 0. The van der Waals surface area contributed by atoms with Gasteiger partial charge in [-0.05, 0) is 63.1 Å². The number of aliphatic hydroxyl groups is 1. The number of aromatic nitrogens is 1. The molecule has 2 aromatic rings. The maximum Gasteiger partial charge on any atom is 0.418 e. The minimum absolute atomic E-state index is 0.0328. The number of pyridine rings is 1. The van der Waals surface area contributed by atoms with Crippen LogP contribution >= 0.6 is 0 Å². The summed E-state index contributed by atoms with van der Waals surface area (Å²) in [5, 5.41) is 21.0. The Bertz CT molecular complexity index is 1400. The number of amides is 2. The first-order valence-corrected chi connectivity index (χ1v) is 15.7. The number of carboxylic acids is 1. The molecule has 3 heterocycles. The van der Waals surface area contributed by atoms with E-state index in [-0.39, 0.29) is 56.8 Å². The minimum Gasteiger partial charge on any atom is -0.493 e. The number of hydrogen-bond acceptors (Lipinski definition) is 6. The topological polar surface area (TPSA) is 120 Å². The minimum atomic E-state index is -4.74. The molecule has 0 spiro atoms. The molecule has 1 aliphatic carbocycles. The Hall–Kier alpha value is -3.67. The number of rotatable bonds is 10. The molecule has 9 nitrogen and oxygen atoms in total. The second-order valence-electron chi connectivity index (χ2n) is 12.7. The Balaban J connectivity index is 1.28. The number of nitrogens with zero attached hydrogens (tertiary/aromatic N) is 3. The molecule has 45 heavy (non-hydrogen) atoms. The van der Waals surface area contributed by atoms with Crippen molar-refractivity contribution in [1.82, 2.24) is 14.8 Å². The predicted octanol–water partition coefficient (Wildman–Crippen LogP) is 5.27. The van der Waals surface area contributed by atoms with E-state index in [0.717, 1.165) is 25.0 Å². The molecular weight excluding hydrogens is 591 g/mol. The van der Waals surface area contributed by atoms with Crippen molar-refractivity contribution in [1.29, 1.82) is 0 Å². The first kappa shape index (κ1) is 32.7.